The van der Waals surface area contributed by atoms with Crippen molar-refractivity contribution in [3.8, 4) is 11.5 Å². The summed E-state index contributed by atoms with van der Waals surface area (Å²) in [6, 6.07) is 8.42. The van der Waals surface area contributed by atoms with E-state index in [9.17, 15) is 18.8 Å². The topological polar surface area (TPSA) is 76.2 Å². The summed E-state index contributed by atoms with van der Waals surface area (Å²) in [5, 5.41) is 0. The minimum Gasteiger partial charge on any atom is -0.493 e. The fourth-order valence-electron chi connectivity index (χ4n) is 3.05. The second-order valence-electron chi connectivity index (χ2n) is 6.22. The highest BCUT2D eigenvalue weighted by atomic mass is 19.1. The molecule has 3 rings (SSSR count). The molecule has 1 aliphatic rings. The smallest absolute Gasteiger partial charge is 0.332 e. The molecule has 1 fully saturated rings. The van der Waals surface area contributed by atoms with Crippen LogP contribution in [-0.2, 0) is 4.79 Å². The van der Waals surface area contributed by atoms with Crippen molar-refractivity contribution in [2.75, 3.05) is 25.7 Å². The van der Waals surface area contributed by atoms with E-state index in [-0.39, 0.29) is 5.56 Å². The summed E-state index contributed by atoms with van der Waals surface area (Å²) in [5.41, 5.74) is 0.666. The monoisotopic (exact) mass is 386 g/mol. The van der Waals surface area contributed by atoms with Gasteiger partial charge in [0.15, 0.2) is 17.3 Å². The maximum Gasteiger partial charge on any atom is 0.332 e. The maximum atomic E-state index is 13.2. The van der Waals surface area contributed by atoms with Gasteiger partial charge < -0.3 is 9.47 Å². The Bertz CT molecular complexity index is 929. The number of nitrogens with zero attached hydrogens (tertiary/aromatic N) is 2. The third-order valence-electron chi connectivity index (χ3n) is 4.56. The Hall–Kier alpha value is -3.42. The number of halogens is 1. The Morgan fingerprint density at radius 1 is 1.04 bits per heavy atom. The summed E-state index contributed by atoms with van der Waals surface area (Å²) in [5.74, 6) is -0.536. The third-order valence-corrected chi connectivity index (χ3v) is 4.56. The Balaban J connectivity index is 1.82. The first kappa shape index (κ1) is 19.3. The van der Waals surface area contributed by atoms with Crippen molar-refractivity contribution in [1.29, 1.82) is 0 Å². The van der Waals surface area contributed by atoms with E-state index in [1.54, 1.807) is 13.0 Å². The van der Waals surface area contributed by atoms with Gasteiger partial charge in [0.2, 0.25) is 0 Å². The number of carbonyl (C=O) groups excluding carboxylic acids is 3. The second kappa shape index (κ2) is 7.67. The number of methoxy groups -OCH3 is 2. The minimum atomic E-state index is -0.795. The molecule has 1 saturated heterocycles. The lowest BCUT2D eigenvalue weighted by atomic mass is 10.1. The van der Waals surface area contributed by atoms with Crippen molar-refractivity contribution in [2.24, 2.45) is 0 Å². The van der Waals surface area contributed by atoms with Crippen LogP contribution in [0.3, 0.4) is 0 Å². The molecule has 2 aromatic carbocycles. The van der Waals surface area contributed by atoms with Crippen LogP contribution in [0.25, 0.3) is 0 Å². The average Bonchev–Trinajstić information content (AvgIpc) is 2.91. The Labute approximate surface area is 161 Å². The van der Waals surface area contributed by atoms with Crippen LogP contribution in [0.2, 0.25) is 0 Å². The number of Topliss-reactive ketones (excluding diaryl/α,β-unsaturated/α-hetero) is 1. The number of anilines is 1. The molecule has 146 valence electrons. The van der Waals surface area contributed by atoms with Crippen LogP contribution in [-0.4, -0.2) is 49.4 Å². The lowest BCUT2D eigenvalue weighted by Crippen LogP contribution is -2.37. The summed E-state index contributed by atoms with van der Waals surface area (Å²) in [4.78, 5) is 40.1. The summed E-state index contributed by atoms with van der Waals surface area (Å²) in [6.45, 7) is 1.15. The molecular weight excluding hydrogens is 367 g/mol. The third kappa shape index (κ3) is 3.40. The van der Waals surface area contributed by atoms with Gasteiger partial charge >= 0.3 is 6.03 Å². The van der Waals surface area contributed by atoms with Crippen LogP contribution in [0.15, 0.2) is 42.5 Å². The number of rotatable bonds is 6. The average molecular weight is 386 g/mol. The van der Waals surface area contributed by atoms with E-state index in [0.29, 0.717) is 17.2 Å². The molecule has 1 unspecified atom stereocenters. The Morgan fingerprint density at radius 2 is 1.68 bits per heavy atom. The van der Waals surface area contributed by atoms with E-state index < -0.39 is 36.1 Å². The van der Waals surface area contributed by atoms with Gasteiger partial charge in [-0.2, -0.15) is 0 Å². The standard InChI is InChI=1S/C20H19FN2O5/c1-12-19(25)22(20(26)23(12)15-7-5-14(21)6-8-15)11-16(24)13-4-9-17(27-2)18(10-13)28-3/h4-10,12H,11H2,1-3H3. The first-order valence-electron chi connectivity index (χ1n) is 8.52. The van der Waals surface area contributed by atoms with Crippen LogP contribution < -0.4 is 14.4 Å². The van der Waals surface area contributed by atoms with Gasteiger partial charge in [0.25, 0.3) is 5.91 Å². The molecule has 7 nitrogen and oxygen atoms in total. The maximum absolute atomic E-state index is 13.2. The Kier molecular flexibility index (Phi) is 5.30. The fourth-order valence-corrected chi connectivity index (χ4v) is 3.05. The van der Waals surface area contributed by atoms with Crippen molar-refractivity contribution in [2.45, 2.75) is 13.0 Å². The van der Waals surface area contributed by atoms with Crippen LogP contribution >= 0.6 is 0 Å². The van der Waals surface area contributed by atoms with E-state index in [0.717, 1.165) is 4.90 Å². The number of benzene rings is 2. The van der Waals surface area contributed by atoms with E-state index in [1.807, 2.05) is 0 Å². The van der Waals surface area contributed by atoms with Gasteiger partial charge in [-0.25, -0.2) is 9.18 Å². The molecule has 0 aliphatic carbocycles. The van der Waals surface area contributed by atoms with Gasteiger partial charge in [-0.15, -0.1) is 0 Å². The van der Waals surface area contributed by atoms with Crippen LogP contribution in [0, 0.1) is 5.82 Å². The van der Waals surface area contributed by atoms with Crippen LogP contribution in [0.4, 0.5) is 14.9 Å². The van der Waals surface area contributed by atoms with Crippen molar-refractivity contribution in [3.63, 3.8) is 0 Å². The zero-order valence-corrected chi connectivity index (χ0v) is 15.6. The molecule has 0 aromatic heterocycles. The molecule has 0 radical (unpaired) electrons. The van der Waals surface area contributed by atoms with Gasteiger partial charge in [0, 0.05) is 11.3 Å². The molecule has 1 atom stereocenters. The second-order valence-corrected chi connectivity index (χ2v) is 6.22. The normalized spacial score (nSPS) is 16.5. The lowest BCUT2D eigenvalue weighted by Gasteiger charge is -2.19. The van der Waals surface area contributed by atoms with E-state index in [4.69, 9.17) is 9.47 Å². The minimum absolute atomic E-state index is 0.283. The van der Waals surface area contributed by atoms with Gasteiger partial charge in [0.1, 0.15) is 11.9 Å². The molecule has 8 heteroatoms. The lowest BCUT2D eigenvalue weighted by molar-refractivity contribution is -0.126. The summed E-state index contributed by atoms with van der Waals surface area (Å²) >= 11 is 0. The van der Waals surface area contributed by atoms with Gasteiger partial charge in [-0.05, 0) is 49.4 Å². The van der Waals surface area contributed by atoms with E-state index in [1.165, 1.54) is 55.5 Å². The molecule has 0 bridgehead atoms. The largest absolute Gasteiger partial charge is 0.493 e. The molecular formula is C20H19FN2O5. The van der Waals surface area contributed by atoms with Crippen molar-refractivity contribution in [3.05, 3.63) is 53.8 Å². The molecule has 1 aliphatic heterocycles. The molecule has 28 heavy (non-hydrogen) atoms. The molecule has 3 amide bonds. The van der Waals surface area contributed by atoms with Crippen molar-refractivity contribution in [1.82, 2.24) is 4.90 Å². The van der Waals surface area contributed by atoms with E-state index >= 15 is 0 Å². The van der Waals surface area contributed by atoms with Crippen molar-refractivity contribution < 1.29 is 28.2 Å². The number of urea groups is 1. The predicted molar refractivity (Wildman–Crippen MR) is 99.3 cm³/mol. The highest BCUT2D eigenvalue weighted by Crippen LogP contribution is 2.29. The number of hydrogen-bond donors (Lipinski definition) is 0. The SMILES string of the molecule is COc1ccc(C(=O)CN2C(=O)C(C)N(c3ccc(F)cc3)C2=O)cc1OC. The number of ether oxygens (including phenoxy) is 2. The number of imide groups is 1. The summed E-state index contributed by atoms with van der Waals surface area (Å²) < 4.78 is 23.5. The number of ketones is 1. The molecule has 1 heterocycles. The van der Waals surface area contributed by atoms with Gasteiger partial charge in [-0.1, -0.05) is 0 Å². The number of hydrogen-bond acceptors (Lipinski definition) is 5. The highest BCUT2D eigenvalue weighted by molar-refractivity contribution is 6.16. The van der Waals surface area contributed by atoms with Crippen LogP contribution in [0.5, 0.6) is 11.5 Å². The zero-order chi connectivity index (χ0) is 20.4. The van der Waals surface area contributed by atoms with Gasteiger partial charge in [0.05, 0.1) is 20.8 Å². The highest BCUT2D eigenvalue weighted by Gasteiger charge is 2.44. The summed E-state index contributed by atoms with van der Waals surface area (Å²) in [7, 11) is 2.92. The molecule has 0 spiro atoms. The molecule has 0 saturated carbocycles. The van der Waals surface area contributed by atoms with Crippen molar-refractivity contribution >= 4 is 23.4 Å². The first-order chi connectivity index (χ1) is 13.4. The predicted octanol–water partition coefficient (Wildman–Crippen LogP) is 2.88. The Morgan fingerprint density at radius 3 is 2.29 bits per heavy atom. The van der Waals surface area contributed by atoms with Crippen LogP contribution in [0.1, 0.15) is 17.3 Å². The fraction of sp³-hybridized carbons (Fsp3) is 0.250. The first-order valence-corrected chi connectivity index (χ1v) is 8.52. The quantitative estimate of drug-likeness (QED) is 0.564. The van der Waals surface area contributed by atoms with E-state index in [2.05, 4.69) is 0 Å². The molecule has 0 N–H and O–H groups in total. The number of carbonyl (C=O) groups is 3. The van der Waals surface area contributed by atoms with Gasteiger partial charge in [-0.3, -0.25) is 19.4 Å². The number of amides is 3. The zero-order valence-electron chi connectivity index (χ0n) is 15.6. The molecule has 2 aromatic rings. The summed E-state index contributed by atoms with van der Waals surface area (Å²) in [6.07, 6.45) is 0.